The Bertz CT molecular complexity index is 989. The fraction of sp³-hybridized carbons (Fsp3) is 0.381. The maximum atomic E-state index is 12.8. The summed E-state index contributed by atoms with van der Waals surface area (Å²) in [6.45, 7) is 1.27. The molecule has 0 bridgehead atoms. The monoisotopic (exact) mass is 421 g/mol. The van der Waals surface area contributed by atoms with Crippen molar-refractivity contribution in [2.45, 2.75) is 31.9 Å². The smallest absolute Gasteiger partial charge is 0.339 e. The van der Waals surface area contributed by atoms with E-state index in [2.05, 4.69) is 5.32 Å². The molecule has 9 heteroatoms. The average Bonchev–Trinajstić information content (AvgIpc) is 2.99. The molecule has 0 radical (unpaired) electrons. The predicted octanol–water partition coefficient (Wildman–Crippen LogP) is 3.67. The maximum Gasteiger partial charge on any atom is 0.416 e. The highest BCUT2D eigenvalue weighted by atomic mass is 19.4. The van der Waals surface area contributed by atoms with Crippen LogP contribution in [0.3, 0.4) is 0 Å². The number of amides is 2. The fourth-order valence-electron chi connectivity index (χ4n) is 3.38. The number of hydrogen-bond acceptors (Lipinski definition) is 3. The molecule has 0 saturated carbocycles. The zero-order valence-electron chi connectivity index (χ0n) is 16.5. The van der Waals surface area contributed by atoms with Crippen LogP contribution in [0.15, 0.2) is 41.3 Å². The number of hydrogen-bond donors (Lipinski definition) is 1. The second kappa shape index (κ2) is 8.73. The van der Waals surface area contributed by atoms with Gasteiger partial charge in [-0.1, -0.05) is 12.8 Å². The van der Waals surface area contributed by atoms with Gasteiger partial charge in [-0.3, -0.25) is 14.4 Å². The van der Waals surface area contributed by atoms with Crippen molar-refractivity contribution in [3.63, 3.8) is 0 Å². The van der Waals surface area contributed by atoms with Crippen LogP contribution in [0.25, 0.3) is 0 Å². The molecule has 0 atom stereocenters. The Morgan fingerprint density at radius 2 is 1.57 bits per heavy atom. The van der Waals surface area contributed by atoms with E-state index >= 15 is 0 Å². The molecule has 6 nitrogen and oxygen atoms in total. The second-order valence-electron chi connectivity index (χ2n) is 7.29. The maximum absolute atomic E-state index is 12.8. The highest BCUT2D eigenvalue weighted by molar-refractivity contribution is 6.05. The molecule has 1 aliphatic heterocycles. The Hall–Kier alpha value is -3.10. The van der Waals surface area contributed by atoms with Crippen LogP contribution in [0.2, 0.25) is 0 Å². The van der Waals surface area contributed by atoms with Gasteiger partial charge in [-0.2, -0.15) is 13.2 Å². The first-order chi connectivity index (χ1) is 14.2. The molecular weight excluding hydrogens is 399 g/mol. The van der Waals surface area contributed by atoms with Crippen molar-refractivity contribution in [2.24, 2.45) is 7.05 Å². The highest BCUT2D eigenvalue weighted by Crippen LogP contribution is 2.29. The van der Waals surface area contributed by atoms with Crippen molar-refractivity contribution >= 4 is 17.5 Å². The van der Waals surface area contributed by atoms with Gasteiger partial charge in [-0.25, -0.2) is 0 Å². The van der Waals surface area contributed by atoms with Crippen LogP contribution in [0.4, 0.5) is 18.9 Å². The topological polar surface area (TPSA) is 71.4 Å². The Balaban J connectivity index is 1.82. The molecule has 1 aromatic carbocycles. The van der Waals surface area contributed by atoms with Crippen LogP contribution < -0.4 is 10.9 Å². The van der Waals surface area contributed by atoms with Gasteiger partial charge in [-0.15, -0.1) is 0 Å². The Morgan fingerprint density at radius 1 is 0.967 bits per heavy atom. The number of rotatable bonds is 3. The first-order valence-electron chi connectivity index (χ1n) is 9.65. The number of aryl methyl sites for hydroxylation is 1. The number of alkyl halides is 3. The van der Waals surface area contributed by atoms with Crippen LogP contribution in [0.5, 0.6) is 0 Å². The van der Waals surface area contributed by atoms with Crippen molar-refractivity contribution < 1.29 is 22.8 Å². The summed E-state index contributed by atoms with van der Waals surface area (Å²) in [5.74, 6) is -0.960. The molecule has 0 aliphatic carbocycles. The summed E-state index contributed by atoms with van der Waals surface area (Å²) in [7, 11) is 1.47. The average molecular weight is 421 g/mol. The predicted molar refractivity (Wildman–Crippen MR) is 105 cm³/mol. The van der Waals surface area contributed by atoms with Crippen LogP contribution >= 0.6 is 0 Å². The molecule has 30 heavy (non-hydrogen) atoms. The molecule has 1 aliphatic rings. The van der Waals surface area contributed by atoms with E-state index in [0.717, 1.165) is 49.9 Å². The molecule has 1 aromatic heterocycles. The molecule has 2 aromatic rings. The number of benzene rings is 1. The van der Waals surface area contributed by atoms with Crippen molar-refractivity contribution in [1.29, 1.82) is 0 Å². The first-order valence-corrected chi connectivity index (χ1v) is 9.65. The zero-order valence-corrected chi connectivity index (χ0v) is 16.5. The van der Waals surface area contributed by atoms with Gasteiger partial charge in [0.2, 0.25) is 0 Å². The lowest BCUT2D eigenvalue weighted by Gasteiger charge is -2.21. The SMILES string of the molecule is Cn1cc(C(=O)N2CCCCCC2)cc(NC(=O)c2ccc(C(F)(F)F)cc2)c1=O. The van der Waals surface area contributed by atoms with Gasteiger partial charge in [0.15, 0.2) is 0 Å². The van der Waals surface area contributed by atoms with E-state index in [1.54, 1.807) is 4.90 Å². The molecule has 1 saturated heterocycles. The minimum Gasteiger partial charge on any atom is -0.339 e. The van der Waals surface area contributed by atoms with Gasteiger partial charge < -0.3 is 14.8 Å². The molecule has 2 heterocycles. The molecule has 1 fully saturated rings. The van der Waals surface area contributed by atoms with Gasteiger partial charge >= 0.3 is 6.18 Å². The van der Waals surface area contributed by atoms with Crippen LogP contribution in [-0.2, 0) is 13.2 Å². The van der Waals surface area contributed by atoms with E-state index in [9.17, 15) is 27.6 Å². The van der Waals surface area contributed by atoms with Gasteiger partial charge in [0, 0.05) is 31.9 Å². The number of nitrogens with one attached hydrogen (secondary N) is 1. The minimum absolute atomic E-state index is 0.0331. The molecule has 0 spiro atoms. The number of halogens is 3. The van der Waals surface area contributed by atoms with E-state index in [1.807, 2.05) is 0 Å². The van der Waals surface area contributed by atoms with Gasteiger partial charge in [0.25, 0.3) is 17.4 Å². The molecule has 0 unspecified atom stereocenters. The highest BCUT2D eigenvalue weighted by Gasteiger charge is 2.30. The van der Waals surface area contributed by atoms with Crippen LogP contribution in [-0.4, -0.2) is 34.4 Å². The number of carbonyl (C=O) groups excluding carboxylic acids is 2. The summed E-state index contributed by atoms with van der Waals surface area (Å²) in [6.07, 6.45) is 0.858. The second-order valence-corrected chi connectivity index (χ2v) is 7.29. The third-order valence-electron chi connectivity index (χ3n) is 5.05. The lowest BCUT2D eigenvalue weighted by Crippen LogP contribution is -2.33. The van der Waals surface area contributed by atoms with E-state index in [0.29, 0.717) is 13.1 Å². The first kappa shape index (κ1) is 21.6. The Labute approximate surface area is 171 Å². The molecule has 2 amide bonds. The van der Waals surface area contributed by atoms with Gasteiger partial charge in [0.1, 0.15) is 5.69 Å². The number of carbonyl (C=O) groups is 2. The quantitative estimate of drug-likeness (QED) is 0.822. The lowest BCUT2D eigenvalue weighted by atomic mass is 10.1. The zero-order chi connectivity index (χ0) is 21.9. The summed E-state index contributed by atoms with van der Waals surface area (Å²) in [5, 5.41) is 2.41. The van der Waals surface area contributed by atoms with E-state index in [1.165, 1.54) is 23.9 Å². The third kappa shape index (κ3) is 4.90. The van der Waals surface area contributed by atoms with Crippen molar-refractivity contribution in [2.75, 3.05) is 18.4 Å². The van der Waals surface area contributed by atoms with E-state index in [-0.39, 0.29) is 22.7 Å². The van der Waals surface area contributed by atoms with Crippen molar-refractivity contribution in [3.05, 3.63) is 63.6 Å². The lowest BCUT2D eigenvalue weighted by molar-refractivity contribution is -0.137. The number of aromatic nitrogens is 1. The van der Waals surface area contributed by atoms with Crippen molar-refractivity contribution in [3.8, 4) is 0 Å². The van der Waals surface area contributed by atoms with E-state index < -0.39 is 23.2 Å². The van der Waals surface area contributed by atoms with Gasteiger partial charge in [-0.05, 0) is 43.2 Å². The van der Waals surface area contributed by atoms with Crippen molar-refractivity contribution in [1.82, 2.24) is 9.47 Å². The minimum atomic E-state index is -4.51. The number of likely N-dealkylation sites (tertiary alicyclic amines) is 1. The summed E-state index contributed by atoms with van der Waals surface area (Å²) >= 11 is 0. The number of pyridine rings is 1. The normalized spacial score (nSPS) is 14.9. The molecule has 3 rings (SSSR count). The van der Waals surface area contributed by atoms with Crippen LogP contribution in [0, 0.1) is 0 Å². The standard InChI is InChI=1S/C21H22F3N3O3/c1-26-13-15(19(29)27-10-4-2-3-5-11-27)12-17(20(26)30)25-18(28)14-6-8-16(9-7-14)21(22,23)24/h6-9,12-13H,2-5,10-11H2,1H3,(H,25,28). The summed E-state index contributed by atoms with van der Waals surface area (Å²) < 4.78 is 39.3. The van der Waals surface area contributed by atoms with Crippen LogP contribution in [0.1, 0.15) is 52.0 Å². The summed E-state index contributed by atoms with van der Waals surface area (Å²) in [6, 6.07) is 4.99. The third-order valence-corrected chi connectivity index (χ3v) is 5.05. The number of nitrogens with zero attached hydrogens (tertiary/aromatic N) is 2. The molecular formula is C21H22F3N3O3. The number of anilines is 1. The van der Waals surface area contributed by atoms with Gasteiger partial charge in [0.05, 0.1) is 11.1 Å². The summed E-state index contributed by atoms with van der Waals surface area (Å²) in [5.41, 5.74) is -1.28. The largest absolute Gasteiger partial charge is 0.416 e. The summed E-state index contributed by atoms with van der Waals surface area (Å²) in [4.78, 5) is 39.4. The molecule has 1 N–H and O–H groups in total. The Kier molecular flexibility index (Phi) is 6.28. The Morgan fingerprint density at radius 3 is 2.13 bits per heavy atom. The van der Waals surface area contributed by atoms with E-state index in [4.69, 9.17) is 0 Å². The fourth-order valence-corrected chi connectivity index (χ4v) is 3.38. The molecule has 160 valence electrons.